The number of hydrogen-bond donors (Lipinski definition) is 5. The lowest BCUT2D eigenvalue weighted by Crippen LogP contribution is -2.53. The summed E-state index contributed by atoms with van der Waals surface area (Å²) in [5, 5.41) is 22.6. The Morgan fingerprint density at radius 3 is 2.40 bits per heavy atom. The van der Waals surface area contributed by atoms with E-state index in [2.05, 4.69) is 36.1 Å². The van der Waals surface area contributed by atoms with Crippen LogP contribution in [0.3, 0.4) is 0 Å². The van der Waals surface area contributed by atoms with E-state index in [1.807, 2.05) is 35.2 Å². The Kier molecular flexibility index (Phi) is 12.6. The first-order chi connectivity index (χ1) is 28.2. The molecule has 5 aliphatic heterocycles. The third-order valence-electron chi connectivity index (χ3n) is 12.9. The van der Waals surface area contributed by atoms with Crippen LogP contribution in [0.15, 0.2) is 53.3 Å². The van der Waals surface area contributed by atoms with E-state index in [0.717, 1.165) is 103 Å². The van der Waals surface area contributed by atoms with E-state index >= 15 is 8.78 Å². The maximum Gasteiger partial charge on any atom is 0.226 e. The number of anilines is 3. The fourth-order valence-corrected chi connectivity index (χ4v) is 9.52. The van der Waals surface area contributed by atoms with Crippen molar-refractivity contribution in [3.05, 3.63) is 59.7 Å². The molecule has 3 unspecified atom stereocenters. The molecule has 0 radical (unpaired) electrons. The molecule has 5 N–H and O–H groups in total. The molecule has 4 saturated heterocycles. The summed E-state index contributed by atoms with van der Waals surface area (Å²) < 4.78 is 30.3. The van der Waals surface area contributed by atoms with Crippen LogP contribution in [0.5, 0.6) is 0 Å². The first-order valence-electron chi connectivity index (χ1n) is 21.3. The molecule has 2 aromatic carbocycles. The second kappa shape index (κ2) is 18.1. The number of benzene rings is 2. The van der Waals surface area contributed by atoms with Gasteiger partial charge in [0.2, 0.25) is 17.7 Å². The SMILES string of the molecule is O=C1CCC(Nc2ccc(N3CCC(CN4CCN(C(=O)C5CCC(NC6N=CC(F)=C(c7cccc(N8CCCCC8=O)c7)N6)CC5)CC4)CC3)c(F)c2)C(O)N1. The third-order valence-corrected chi connectivity index (χ3v) is 12.9. The molecule has 58 heavy (non-hydrogen) atoms. The van der Waals surface area contributed by atoms with Crippen molar-refractivity contribution in [3.63, 3.8) is 0 Å². The van der Waals surface area contributed by atoms with Gasteiger partial charge in [0.1, 0.15) is 12.0 Å². The number of aliphatic hydroxyl groups excluding tert-OH is 1. The number of aliphatic hydroxyl groups is 1. The Bertz CT molecular complexity index is 1870. The van der Waals surface area contributed by atoms with Crippen molar-refractivity contribution in [2.75, 3.05) is 67.5 Å². The van der Waals surface area contributed by atoms with Gasteiger partial charge in [-0.1, -0.05) is 12.1 Å². The van der Waals surface area contributed by atoms with Crippen LogP contribution >= 0.6 is 0 Å². The van der Waals surface area contributed by atoms with Crippen molar-refractivity contribution < 1.29 is 28.3 Å². The Morgan fingerprint density at radius 2 is 1.66 bits per heavy atom. The van der Waals surface area contributed by atoms with Gasteiger partial charge in [0, 0.05) is 94.1 Å². The average Bonchev–Trinajstić information content (AvgIpc) is 3.23. The van der Waals surface area contributed by atoms with E-state index < -0.39 is 18.3 Å². The molecule has 0 spiro atoms. The van der Waals surface area contributed by atoms with Crippen molar-refractivity contribution >= 4 is 46.7 Å². The van der Waals surface area contributed by atoms with Crippen LogP contribution in [0.1, 0.15) is 76.2 Å². The van der Waals surface area contributed by atoms with Crippen molar-refractivity contribution in [2.45, 2.75) is 95.2 Å². The van der Waals surface area contributed by atoms with Gasteiger partial charge in [-0.15, -0.1) is 0 Å². The monoisotopic (exact) mass is 801 g/mol. The van der Waals surface area contributed by atoms with Crippen molar-refractivity contribution in [2.24, 2.45) is 16.8 Å². The summed E-state index contributed by atoms with van der Waals surface area (Å²) in [7, 11) is 0. The van der Waals surface area contributed by atoms with Gasteiger partial charge in [-0.25, -0.2) is 8.78 Å². The fourth-order valence-electron chi connectivity index (χ4n) is 9.52. The van der Waals surface area contributed by atoms with Crippen LogP contribution in [-0.2, 0) is 14.4 Å². The standard InChI is InChI=1S/C43H57F2N9O4/c44-34-25-32(47-36-12-14-38(55)49-41(36)57)11-13-37(34)52-18-15-28(16-19-52)27-51-20-22-53(23-21-51)42(58)29-7-9-31(10-8-29)48-43-46-26-35(45)40(50-43)30-4-3-5-33(24-30)54-17-2-1-6-39(54)56/h3-5,11,13,24-26,28-29,31,36,41,43,47-48,50,57H,1-2,6-10,12,14-23,27H2,(H,49,55). The average molecular weight is 802 g/mol. The Morgan fingerprint density at radius 1 is 0.862 bits per heavy atom. The molecule has 15 heteroatoms. The minimum absolute atomic E-state index is 0.0108. The highest BCUT2D eigenvalue weighted by molar-refractivity contribution is 5.95. The number of piperazine rings is 1. The van der Waals surface area contributed by atoms with Gasteiger partial charge in [0.25, 0.3) is 0 Å². The van der Waals surface area contributed by atoms with Gasteiger partial charge < -0.3 is 35.8 Å². The summed E-state index contributed by atoms with van der Waals surface area (Å²) in [6, 6.07) is 12.4. The second-order valence-electron chi connectivity index (χ2n) is 16.8. The Labute approximate surface area is 339 Å². The third kappa shape index (κ3) is 9.47. The molecule has 5 fully saturated rings. The second-order valence-corrected chi connectivity index (χ2v) is 16.8. The fraction of sp³-hybridized carbons (Fsp3) is 0.581. The lowest BCUT2D eigenvalue weighted by atomic mass is 9.85. The van der Waals surface area contributed by atoms with Crippen LogP contribution in [0.2, 0.25) is 0 Å². The molecule has 5 heterocycles. The molecule has 13 nitrogen and oxygen atoms in total. The van der Waals surface area contributed by atoms with Crippen LogP contribution in [0.25, 0.3) is 5.70 Å². The van der Waals surface area contributed by atoms with Crippen molar-refractivity contribution in [1.29, 1.82) is 0 Å². The molecule has 312 valence electrons. The van der Waals surface area contributed by atoms with E-state index in [1.165, 1.54) is 12.3 Å². The zero-order valence-corrected chi connectivity index (χ0v) is 33.2. The van der Waals surface area contributed by atoms with E-state index in [0.29, 0.717) is 54.4 Å². The maximum atomic E-state index is 15.2. The highest BCUT2D eigenvalue weighted by Crippen LogP contribution is 2.32. The number of amides is 3. The summed E-state index contributed by atoms with van der Waals surface area (Å²) in [6.45, 7) is 6.42. The van der Waals surface area contributed by atoms with Gasteiger partial charge in [0.05, 0.1) is 23.6 Å². The molecule has 1 saturated carbocycles. The lowest BCUT2D eigenvalue weighted by molar-refractivity contribution is -0.138. The molecule has 3 atom stereocenters. The van der Waals surface area contributed by atoms with E-state index in [4.69, 9.17) is 0 Å². The van der Waals surface area contributed by atoms with E-state index in [9.17, 15) is 19.5 Å². The first-order valence-corrected chi connectivity index (χ1v) is 21.3. The molecular formula is C43H57F2N9O4. The maximum absolute atomic E-state index is 15.2. The molecule has 3 amide bonds. The van der Waals surface area contributed by atoms with Crippen molar-refractivity contribution in [1.82, 2.24) is 25.8 Å². The highest BCUT2D eigenvalue weighted by atomic mass is 19.1. The van der Waals surface area contributed by atoms with Crippen LogP contribution in [0, 0.1) is 17.7 Å². The van der Waals surface area contributed by atoms with Gasteiger partial charge >= 0.3 is 0 Å². The zero-order chi connectivity index (χ0) is 40.2. The summed E-state index contributed by atoms with van der Waals surface area (Å²) in [6.07, 6.45) is 8.22. The topological polar surface area (TPSA) is 145 Å². The molecule has 0 bridgehead atoms. The summed E-state index contributed by atoms with van der Waals surface area (Å²) in [5.41, 5.74) is 2.98. The van der Waals surface area contributed by atoms with E-state index in [-0.39, 0.29) is 41.5 Å². The summed E-state index contributed by atoms with van der Waals surface area (Å²) in [4.78, 5) is 50.4. The minimum Gasteiger partial charge on any atom is -0.378 e. The number of hydrogen-bond acceptors (Lipinski definition) is 10. The molecule has 1 aliphatic carbocycles. The number of allylic oxidation sites excluding steroid dienone is 1. The predicted octanol–water partition coefficient (Wildman–Crippen LogP) is 4.16. The quantitative estimate of drug-likeness (QED) is 0.240. The number of piperidine rings is 3. The number of rotatable bonds is 10. The summed E-state index contributed by atoms with van der Waals surface area (Å²) >= 11 is 0. The van der Waals surface area contributed by atoms with E-state index in [1.54, 1.807) is 11.0 Å². The Hall–Kier alpha value is -4.60. The molecule has 2 aromatic rings. The molecule has 8 rings (SSSR count). The number of halogens is 2. The highest BCUT2D eigenvalue weighted by Gasteiger charge is 2.34. The van der Waals surface area contributed by atoms with Crippen LogP contribution < -0.4 is 31.1 Å². The molecular weight excluding hydrogens is 745 g/mol. The smallest absolute Gasteiger partial charge is 0.226 e. The molecule has 0 aromatic heterocycles. The largest absolute Gasteiger partial charge is 0.378 e. The Balaban J connectivity index is 0.737. The van der Waals surface area contributed by atoms with Crippen molar-refractivity contribution in [3.8, 4) is 0 Å². The number of carbonyl (C=O) groups excluding carboxylic acids is 3. The van der Waals surface area contributed by atoms with Crippen LogP contribution in [0.4, 0.5) is 25.8 Å². The van der Waals surface area contributed by atoms with Gasteiger partial charge in [-0.3, -0.25) is 29.6 Å². The molecule has 6 aliphatic rings. The summed E-state index contributed by atoms with van der Waals surface area (Å²) in [5.74, 6) is -0.0365. The number of carbonyl (C=O) groups is 3. The van der Waals surface area contributed by atoms with Crippen LogP contribution in [-0.4, -0.2) is 116 Å². The van der Waals surface area contributed by atoms with Gasteiger partial charge in [-0.05, 0) is 94.0 Å². The lowest BCUT2D eigenvalue weighted by Gasteiger charge is -2.41. The number of nitrogens with zero attached hydrogens (tertiary/aromatic N) is 5. The van der Waals surface area contributed by atoms with Gasteiger partial charge in [-0.2, -0.15) is 0 Å². The number of nitrogens with one attached hydrogen (secondary N) is 4. The zero-order valence-electron chi connectivity index (χ0n) is 33.2. The number of aliphatic imine (C=N–C) groups is 1. The van der Waals surface area contributed by atoms with Gasteiger partial charge in [0.15, 0.2) is 12.1 Å². The minimum atomic E-state index is -0.999. The normalized spacial score (nSPS) is 27.7. The first kappa shape index (κ1) is 40.2. The predicted molar refractivity (Wildman–Crippen MR) is 220 cm³/mol.